The van der Waals surface area contributed by atoms with Crippen LogP contribution in [0.4, 0.5) is 5.69 Å². The van der Waals surface area contributed by atoms with Gasteiger partial charge in [0.15, 0.2) is 5.78 Å². The lowest BCUT2D eigenvalue weighted by atomic mass is 9.59. The molecule has 3 heterocycles. The number of nitrogens with one attached hydrogen (secondary N) is 3. The molecule has 2 aromatic carbocycles. The second-order valence-electron chi connectivity index (χ2n) is 22.4. The molecule has 1 saturated heterocycles. The normalized spacial score (nSPS) is 23.2. The van der Waals surface area contributed by atoms with Crippen molar-refractivity contribution in [1.82, 2.24) is 10.2 Å². The van der Waals surface area contributed by atoms with E-state index in [4.69, 9.17) is 14.9 Å². The van der Waals surface area contributed by atoms with Gasteiger partial charge in [-0.25, -0.2) is 0 Å². The van der Waals surface area contributed by atoms with Crippen LogP contribution in [0, 0.1) is 16.7 Å². The number of rotatable bonds is 17. The molecule has 11 heteroatoms. The highest BCUT2D eigenvalue weighted by Crippen LogP contribution is 2.56. The van der Waals surface area contributed by atoms with Crippen LogP contribution in [0.2, 0.25) is 0 Å². The Balaban J connectivity index is 0.923. The third kappa shape index (κ3) is 9.69. The molecule has 6 aliphatic rings. The molecule has 0 aromatic heterocycles. The molecule has 8 rings (SSSR count). The molecule has 3 unspecified atom stereocenters. The molecule has 68 heavy (non-hydrogen) atoms. The van der Waals surface area contributed by atoms with Crippen LogP contribution >= 0.6 is 0 Å². The number of piperidine rings is 1. The number of hydrogen-bond acceptors (Lipinski definition) is 8. The van der Waals surface area contributed by atoms with Gasteiger partial charge in [0.05, 0.1) is 44.1 Å². The molecule has 0 radical (unpaired) electrons. The van der Waals surface area contributed by atoms with Crippen molar-refractivity contribution in [2.75, 3.05) is 71.1 Å². The average Bonchev–Trinajstić information content (AvgIpc) is 3.27. The van der Waals surface area contributed by atoms with Crippen molar-refractivity contribution in [1.29, 1.82) is 5.41 Å². The molecule has 1 fully saturated rings. The van der Waals surface area contributed by atoms with Gasteiger partial charge in [-0.15, -0.1) is 0 Å². The Hall–Kier alpha value is -4.84. The Labute approximate surface area is 405 Å². The maximum atomic E-state index is 14.7. The topological polar surface area (TPSA) is 137 Å². The number of hydrogen-bond donors (Lipinski definition) is 4. The molecule has 0 spiro atoms. The number of carbonyl (C=O) groups is 3. The monoisotopic (exact) mass is 929 g/mol. The molecular weight excluding hydrogens is 851 g/mol. The maximum absolute atomic E-state index is 14.7. The number of ketones is 1. The molecule has 0 saturated carbocycles. The summed E-state index contributed by atoms with van der Waals surface area (Å²) >= 11 is 0. The van der Waals surface area contributed by atoms with Crippen molar-refractivity contribution < 1.29 is 33.9 Å². The Morgan fingerprint density at radius 2 is 1.69 bits per heavy atom. The number of allylic oxidation sites excluding steroid dienone is 5. The lowest BCUT2D eigenvalue weighted by Gasteiger charge is -2.51. The number of amides is 2. The number of benzene rings is 2. The molecule has 2 amide bonds. The predicted octanol–water partition coefficient (Wildman–Crippen LogP) is 8.05. The number of aliphatic hydroxyl groups is 1. The van der Waals surface area contributed by atoms with Gasteiger partial charge >= 0.3 is 0 Å². The van der Waals surface area contributed by atoms with Crippen molar-refractivity contribution in [3.63, 3.8) is 0 Å². The van der Waals surface area contributed by atoms with Crippen LogP contribution in [0.25, 0.3) is 5.57 Å². The van der Waals surface area contributed by atoms with Crippen molar-refractivity contribution in [3.8, 4) is 0 Å². The first-order valence-corrected chi connectivity index (χ1v) is 25.6. The van der Waals surface area contributed by atoms with E-state index < -0.39 is 0 Å². The van der Waals surface area contributed by atoms with Crippen molar-refractivity contribution in [3.05, 3.63) is 104 Å². The minimum atomic E-state index is -0.298. The Bertz CT molecular complexity index is 2470. The van der Waals surface area contributed by atoms with Crippen molar-refractivity contribution >= 4 is 34.6 Å². The number of ether oxygens (including phenoxy) is 2. The summed E-state index contributed by atoms with van der Waals surface area (Å²) in [5.74, 6) is 0.122. The summed E-state index contributed by atoms with van der Waals surface area (Å²) < 4.78 is 11.3. The van der Waals surface area contributed by atoms with Crippen LogP contribution in [-0.2, 0) is 37.3 Å². The lowest BCUT2D eigenvalue weighted by molar-refractivity contribution is -0.964. The van der Waals surface area contributed by atoms with E-state index >= 15 is 0 Å². The van der Waals surface area contributed by atoms with E-state index in [2.05, 4.69) is 82.1 Å². The van der Waals surface area contributed by atoms with Crippen LogP contribution in [0.3, 0.4) is 0 Å². The maximum Gasteiger partial charge on any atom is 0.254 e. The first-order valence-electron chi connectivity index (χ1n) is 25.6. The van der Waals surface area contributed by atoms with E-state index in [0.717, 1.165) is 57.3 Å². The number of aliphatic hydroxyl groups excluding tert-OH is 1. The zero-order valence-electron chi connectivity index (χ0n) is 42.5. The molecule has 0 bridgehead atoms. The highest BCUT2D eigenvalue weighted by atomic mass is 16.5. The van der Waals surface area contributed by atoms with Gasteiger partial charge in [-0.3, -0.25) is 14.4 Å². The number of likely N-dealkylation sites (N-methyl/N-ethyl adjacent to an activating group) is 1. The van der Waals surface area contributed by atoms with Gasteiger partial charge in [0, 0.05) is 87.7 Å². The summed E-state index contributed by atoms with van der Waals surface area (Å²) in [6.07, 6.45) is 12.6. The van der Waals surface area contributed by atoms with Crippen LogP contribution in [-0.4, -0.2) is 111 Å². The van der Waals surface area contributed by atoms with Crippen LogP contribution in [0.15, 0.2) is 70.5 Å². The van der Waals surface area contributed by atoms with Crippen molar-refractivity contribution in [2.24, 2.45) is 11.3 Å². The predicted molar refractivity (Wildman–Crippen MR) is 271 cm³/mol. The Kier molecular flexibility index (Phi) is 14.5. The molecule has 11 nitrogen and oxygen atoms in total. The zero-order valence-corrected chi connectivity index (χ0v) is 42.5. The van der Waals surface area contributed by atoms with Gasteiger partial charge in [0.25, 0.3) is 5.91 Å². The highest BCUT2D eigenvalue weighted by molar-refractivity contribution is 6.22. The Morgan fingerprint density at radius 1 is 0.971 bits per heavy atom. The fourth-order valence-corrected chi connectivity index (χ4v) is 12.9. The minimum absolute atomic E-state index is 0.000640. The zero-order chi connectivity index (χ0) is 48.7. The van der Waals surface area contributed by atoms with Crippen molar-refractivity contribution in [2.45, 2.75) is 137 Å². The summed E-state index contributed by atoms with van der Waals surface area (Å²) in [4.78, 5) is 46.2. The first-order chi connectivity index (χ1) is 32.3. The van der Waals surface area contributed by atoms with Gasteiger partial charge in [0.2, 0.25) is 5.91 Å². The minimum Gasteiger partial charge on any atom is -0.511 e. The van der Waals surface area contributed by atoms with E-state index in [-0.39, 0.29) is 70.5 Å². The van der Waals surface area contributed by atoms with Gasteiger partial charge in [-0.1, -0.05) is 52.8 Å². The highest BCUT2D eigenvalue weighted by Gasteiger charge is 2.50. The summed E-state index contributed by atoms with van der Waals surface area (Å²) in [6, 6.07) is 11.1. The number of anilines is 1. The quantitative estimate of drug-likeness (QED) is 0.0932. The fraction of sp³-hybridized carbons (Fsp3) is 0.579. The number of quaternary nitrogens is 1. The van der Waals surface area contributed by atoms with Gasteiger partial charge in [-0.05, 0) is 139 Å². The van der Waals surface area contributed by atoms with E-state index in [1.165, 1.54) is 50.2 Å². The van der Waals surface area contributed by atoms with Crippen LogP contribution in [0.5, 0.6) is 0 Å². The Morgan fingerprint density at radius 3 is 2.43 bits per heavy atom. The summed E-state index contributed by atoms with van der Waals surface area (Å²) in [5.41, 5.74) is 14.1. The smallest absolute Gasteiger partial charge is 0.254 e. The lowest BCUT2D eigenvalue weighted by Crippen LogP contribution is -3.23. The SMILES string of the molecule is CC[NH+]1C2C=C3C(=C(c4ccccc4C(=O)N(C)CCCC(=O)NCCOCCOCCC(=N)C4=C(O)CC(C)(C)CC4=O)c4cc5c6c(c4C3(C)C)CCCN6CCC5)C=C2C(C)CC1(C)C. The number of nitrogens with zero attached hydrogens (tertiary/aromatic N) is 2. The second kappa shape index (κ2) is 19.9. The summed E-state index contributed by atoms with van der Waals surface area (Å²) in [7, 11) is 1.85. The van der Waals surface area contributed by atoms with Gasteiger partial charge in [0.1, 0.15) is 11.8 Å². The molecule has 366 valence electrons. The van der Waals surface area contributed by atoms with Gasteiger partial charge < -0.3 is 40.0 Å². The number of Topliss-reactive ketones (excluding diaryl/α,β-unsaturated/α-hetero) is 1. The van der Waals surface area contributed by atoms with Crippen LogP contribution in [0.1, 0.15) is 145 Å². The van der Waals surface area contributed by atoms with E-state index in [0.29, 0.717) is 69.7 Å². The third-order valence-corrected chi connectivity index (χ3v) is 15.9. The number of aryl methyl sites for hydroxylation is 1. The van der Waals surface area contributed by atoms with E-state index in [1.807, 2.05) is 33.0 Å². The largest absolute Gasteiger partial charge is 0.511 e. The molecule has 2 aromatic rings. The first kappa shape index (κ1) is 49.6. The fourth-order valence-electron chi connectivity index (χ4n) is 12.9. The molecule has 3 atom stereocenters. The number of fused-ring (bicyclic) bond motifs is 4. The molecule has 3 aliphatic carbocycles. The average molecular weight is 929 g/mol. The molecule has 4 N–H and O–H groups in total. The third-order valence-electron chi connectivity index (χ3n) is 15.9. The van der Waals surface area contributed by atoms with Crippen LogP contribution < -0.4 is 15.1 Å². The summed E-state index contributed by atoms with van der Waals surface area (Å²) in [6.45, 7) is 23.7. The van der Waals surface area contributed by atoms with Gasteiger partial charge in [-0.2, -0.15) is 0 Å². The second-order valence-corrected chi connectivity index (χ2v) is 22.4. The number of likely N-dealkylation sites (tertiary alicyclic amines) is 1. The standard InChI is InChI=1S/C57H77N5O6/c1-10-62-46-32-44-42(31-41(46)36(2)33-56(62,5)6)50(43-30-37-16-13-24-61-25-14-19-40(53(37)61)52(43)57(44,7)8)38-17-11-12-18-39(38)54(66)60(9)23-15-20-49(65)59-22-27-68-29-28-67-26-21-45(58)51-47(63)34-55(3,4)35-48(51)64/h11-12,17-18,30-32,36,46,58,63H,10,13-16,19-29,33-35H2,1-9H3,(H,59,65)/p+1. The van der Waals surface area contributed by atoms with E-state index in [9.17, 15) is 19.5 Å². The van der Waals surface area contributed by atoms with E-state index in [1.54, 1.807) is 9.80 Å². The molecular formula is C57H78N5O6+. The summed E-state index contributed by atoms with van der Waals surface area (Å²) in [5, 5.41) is 21.6. The number of carbonyl (C=O) groups excluding carboxylic acids is 3. The molecule has 3 aliphatic heterocycles.